The maximum Gasteiger partial charge on any atom is 0.0614 e. The van der Waals surface area contributed by atoms with Crippen LogP contribution in [-0.2, 0) is 4.74 Å². The van der Waals surface area contributed by atoms with Crippen molar-refractivity contribution in [3.8, 4) is 0 Å². The fraction of sp³-hybridized carbons (Fsp3) is 0.571. The number of rotatable bonds is 4. The molecule has 1 aromatic rings. The third-order valence-corrected chi connectivity index (χ3v) is 3.24. The Kier molecular flexibility index (Phi) is 3.49. The minimum Gasteiger partial charge on any atom is -0.382 e. The molecular weight excluding hydrogens is 198 g/mol. The smallest absolute Gasteiger partial charge is 0.0614 e. The van der Waals surface area contributed by atoms with E-state index >= 15 is 0 Å². The molecule has 1 aliphatic carbocycles. The lowest BCUT2D eigenvalue weighted by atomic mass is 9.89. The van der Waals surface area contributed by atoms with Crippen molar-refractivity contribution in [3.63, 3.8) is 0 Å². The van der Waals surface area contributed by atoms with Crippen molar-refractivity contribution in [2.45, 2.75) is 45.8 Å². The summed E-state index contributed by atoms with van der Waals surface area (Å²) in [6.07, 6.45) is 2.76. The lowest BCUT2D eigenvalue weighted by molar-refractivity contribution is 0.00298. The van der Waals surface area contributed by atoms with Gasteiger partial charge in [0.15, 0.2) is 0 Å². The molecule has 2 nitrogen and oxygen atoms in total. The highest BCUT2D eigenvalue weighted by Gasteiger charge is 2.29. The Morgan fingerprint density at radius 3 is 2.69 bits per heavy atom. The van der Waals surface area contributed by atoms with Crippen LogP contribution in [0.3, 0.4) is 0 Å². The van der Waals surface area contributed by atoms with Crippen LogP contribution in [0.4, 0.5) is 5.69 Å². The summed E-state index contributed by atoms with van der Waals surface area (Å²) in [5, 5.41) is 3.58. The molecule has 1 N–H and O–H groups in total. The lowest BCUT2D eigenvalue weighted by Crippen LogP contribution is -2.40. The molecule has 1 saturated carbocycles. The Morgan fingerprint density at radius 2 is 2.06 bits per heavy atom. The highest BCUT2D eigenvalue weighted by Crippen LogP contribution is 2.28. The molecule has 2 rings (SSSR count). The zero-order chi connectivity index (χ0) is 11.5. The van der Waals surface area contributed by atoms with E-state index in [0.717, 1.165) is 19.4 Å². The summed E-state index contributed by atoms with van der Waals surface area (Å²) >= 11 is 0. The van der Waals surface area contributed by atoms with E-state index in [0.29, 0.717) is 12.1 Å². The summed E-state index contributed by atoms with van der Waals surface area (Å²) in [6, 6.07) is 7.16. The van der Waals surface area contributed by atoms with Gasteiger partial charge < -0.3 is 10.1 Å². The molecule has 0 radical (unpaired) electrons. The van der Waals surface area contributed by atoms with E-state index in [1.54, 1.807) is 0 Å². The Labute approximate surface area is 98.0 Å². The summed E-state index contributed by atoms with van der Waals surface area (Å²) in [4.78, 5) is 0. The molecule has 0 bridgehead atoms. The van der Waals surface area contributed by atoms with Crippen LogP contribution < -0.4 is 5.32 Å². The molecule has 0 saturated heterocycles. The van der Waals surface area contributed by atoms with Crippen LogP contribution in [0.25, 0.3) is 0 Å². The first-order chi connectivity index (χ1) is 7.69. The Hall–Kier alpha value is -1.02. The van der Waals surface area contributed by atoms with Crippen molar-refractivity contribution >= 4 is 5.69 Å². The first-order valence-corrected chi connectivity index (χ1v) is 6.14. The van der Waals surface area contributed by atoms with Gasteiger partial charge in [0, 0.05) is 18.3 Å². The van der Waals surface area contributed by atoms with Crippen molar-refractivity contribution in [3.05, 3.63) is 29.3 Å². The van der Waals surface area contributed by atoms with Crippen molar-refractivity contribution in [1.29, 1.82) is 0 Å². The van der Waals surface area contributed by atoms with Crippen molar-refractivity contribution in [2.75, 3.05) is 11.9 Å². The first kappa shape index (κ1) is 11.5. The van der Waals surface area contributed by atoms with Crippen LogP contribution in [0.5, 0.6) is 0 Å². The molecule has 0 unspecified atom stereocenters. The largest absolute Gasteiger partial charge is 0.382 e. The number of nitrogens with one attached hydrogen (secondary N) is 1. The van der Waals surface area contributed by atoms with Gasteiger partial charge in [0.05, 0.1) is 6.10 Å². The maximum absolute atomic E-state index is 5.56. The highest BCUT2D eigenvalue weighted by molar-refractivity contribution is 5.52. The monoisotopic (exact) mass is 219 g/mol. The fourth-order valence-electron chi connectivity index (χ4n) is 2.25. The van der Waals surface area contributed by atoms with Gasteiger partial charge in [0.25, 0.3) is 0 Å². The average molecular weight is 219 g/mol. The Balaban J connectivity index is 1.87. The van der Waals surface area contributed by atoms with E-state index in [1.807, 2.05) is 0 Å². The van der Waals surface area contributed by atoms with Crippen molar-refractivity contribution in [2.24, 2.45) is 0 Å². The molecule has 0 spiro atoms. The lowest BCUT2D eigenvalue weighted by Gasteiger charge is -2.36. The van der Waals surface area contributed by atoms with Gasteiger partial charge in [-0.2, -0.15) is 0 Å². The predicted molar refractivity (Wildman–Crippen MR) is 68.0 cm³/mol. The van der Waals surface area contributed by atoms with Gasteiger partial charge in [-0.25, -0.2) is 0 Å². The minimum atomic E-state index is 0.480. The minimum absolute atomic E-state index is 0.480. The number of hydrogen-bond donors (Lipinski definition) is 1. The van der Waals surface area contributed by atoms with Gasteiger partial charge in [-0.3, -0.25) is 0 Å². The van der Waals surface area contributed by atoms with Crippen LogP contribution in [0.1, 0.15) is 30.9 Å². The molecule has 0 aliphatic heterocycles. The molecule has 0 amide bonds. The van der Waals surface area contributed by atoms with Crippen molar-refractivity contribution < 1.29 is 4.74 Å². The van der Waals surface area contributed by atoms with Gasteiger partial charge in [-0.15, -0.1) is 0 Å². The summed E-state index contributed by atoms with van der Waals surface area (Å²) in [5.41, 5.74) is 3.93. The van der Waals surface area contributed by atoms with E-state index in [4.69, 9.17) is 4.74 Å². The maximum atomic E-state index is 5.56. The first-order valence-electron chi connectivity index (χ1n) is 6.14. The zero-order valence-electron chi connectivity index (χ0n) is 10.4. The predicted octanol–water partition coefficient (Wildman–Crippen LogP) is 3.28. The number of ether oxygens (including phenoxy) is 1. The highest BCUT2D eigenvalue weighted by atomic mass is 16.5. The van der Waals surface area contributed by atoms with E-state index in [1.165, 1.54) is 16.8 Å². The van der Waals surface area contributed by atoms with Gasteiger partial charge in [-0.1, -0.05) is 17.7 Å². The molecule has 1 aromatic carbocycles. The quantitative estimate of drug-likeness (QED) is 0.839. The molecule has 16 heavy (non-hydrogen) atoms. The number of hydrogen-bond acceptors (Lipinski definition) is 2. The standard InChI is InChI=1S/C14H21NO/c1-4-16-13-8-12(9-13)15-14-6-5-10(2)7-11(14)3/h5-7,12-13,15H,4,8-9H2,1-3H3. The normalized spacial score (nSPS) is 23.9. The molecule has 2 heteroatoms. The second-order valence-electron chi connectivity index (χ2n) is 4.71. The van der Waals surface area contributed by atoms with Crippen LogP contribution in [0.2, 0.25) is 0 Å². The summed E-state index contributed by atoms with van der Waals surface area (Å²) in [7, 11) is 0. The van der Waals surface area contributed by atoms with E-state index in [2.05, 4.69) is 44.3 Å². The van der Waals surface area contributed by atoms with Crippen LogP contribution in [-0.4, -0.2) is 18.8 Å². The molecule has 0 atom stereocenters. The number of benzene rings is 1. The summed E-state index contributed by atoms with van der Waals surface area (Å²) in [6.45, 7) is 7.19. The average Bonchev–Trinajstić information content (AvgIpc) is 2.18. The molecule has 0 heterocycles. The second-order valence-corrected chi connectivity index (χ2v) is 4.71. The topological polar surface area (TPSA) is 21.3 Å². The summed E-state index contributed by atoms with van der Waals surface area (Å²) in [5.74, 6) is 0. The molecule has 0 aromatic heterocycles. The Morgan fingerprint density at radius 1 is 1.31 bits per heavy atom. The Bertz CT molecular complexity index is 356. The van der Waals surface area contributed by atoms with Gasteiger partial charge in [0.1, 0.15) is 0 Å². The molecule has 88 valence electrons. The van der Waals surface area contributed by atoms with E-state index in [-0.39, 0.29) is 0 Å². The third-order valence-electron chi connectivity index (χ3n) is 3.24. The SMILES string of the molecule is CCOC1CC(Nc2ccc(C)cc2C)C1. The number of aryl methyl sites for hydroxylation is 2. The van der Waals surface area contributed by atoms with Gasteiger partial charge in [0.2, 0.25) is 0 Å². The van der Waals surface area contributed by atoms with E-state index in [9.17, 15) is 0 Å². The molecular formula is C14H21NO. The van der Waals surface area contributed by atoms with Crippen molar-refractivity contribution in [1.82, 2.24) is 0 Å². The van der Waals surface area contributed by atoms with E-state index < -0.39 is 0 Å². The molecule has 1 fully saturated rings. The molecule has 1 aliphatic rings. The zero-order valence-corrected chi connectivity index (χ0v) is 10.4. The van der Waals surface area contributed by atoms with Gasteiger partial charge in [-0.05, 0) is 45.2 Å². The fourth-order valence-corrected chi connectivity index (χ4v) is 2.25. The number of anilines is 1. The van der Waals surface area contributed by atoms with Crippen LogP contribution in [0.15, 0.2) is 18.2 Å². The van der Waals surface area contributed by atoms with Gasteiger partial charge >= 0.3 is 0 Å². The summed E-state index contributed by atoms with van der Waals surface area (Å²) < 4.78 is 5.56. The van der Waals surface area contributed by atoms with Crippen LogP contribution in [0, 0.1) is 13.8 Å². The van der Waals surface area contributed by atoms with Crippen LogP contribution >= 0.6 is 0 Å². The second kappa shape index (κ2) is 4.88. The third kappa shape index (κ3) is 2.56.